The van der Waals surface area contributed by atoms with E-state index in [4.69, 9.17) is 11.6 Å². The fourth-order valence-electron chi connectivity index (χ4n) is 1.22. The maximum Gasteiger partial charge on any atom is 0.167 e. The van der Waals surface area contributed by atoms with E-state index in [9.17, 15) is 4.39 Å². The van der Waals surface area contributed by atoms with Crippen molar-refractivity contribution in [1.29, 1.82) is 0 Å². The Morgan fingerprint density at radius 3 is 2.65 bits per heavy atom. The topological polar surface area (TPSA) is 24.9 Å². The van der Waals surface area contributed by atoms with E-state index in [1.54, 1.807) is 0 Å². The molecule has 0 radical (unpaired) electrons. The van der Waals surface area contributed by atoms with Gasteiger partial charge in [0.2, 0.25) is 0 Å². The molecular formula is C11H6Br2ClFN2. The Kier molecular flexibility index (Phi) is 4.01. The summed E-state index contributed by atoms with van der Waals surface area (Å²) >= 11 is 12.3. The van der Waals surface area contributed by atoms with Crippen molar-refractivity contribution in [2.24, 2.45) is 0 Å². The van der Waals surface area contributed by atoms with Gasteiger partial charge in [0, 0.05) is 15.1 Å². The molecule has 0 bridgehead atoms. The number of hydrogen-bond donors (Lipinski definition) is 1. The maximum atomic E-state index is 13.5. The molecule has 1 N–H and O–H groups in total. The molecule has 0 atom stereocenters. The number of anilines is 2. The van der Waals surface area contributed by atoms with E-state index in [0.717, 1.165) is 14.6 Å². The molecule has 0 amide bonds. The van der Waals surface area contributed by atoms with Gasteiger partial charge in [-0.1, -0.05) is 27.5 Å². The number of nitrogens with one attached hydrogen (secondary N) is 1. The largest absolute Gasteiger partial charge is 0.337 e. The average Bonchev–Trinajstić information content (AvgIpc) is 2.25. The molecule has 17 heavy (non-hydrogen) atoms. The Morgan fingerprint density at radius 1 is 1.24 bits per heavy atom. The SMILES string of the molecule is Fc1cc(Cl)cnc1Nc1ccc(Br)cc1Br. The highest BCUT2D eigenvalue weighted by Crippen LogP contribution is 2.29. The third-order valence-electron chi connectivity index (χ3n) is 1.99. The summed E-state index contributed by atoms with van der Waals surface area (Å²) in [5.74, 6) is -0.357. The molecule has 1 aromatic heterocycles. The molecule has 0 aliphatic carbocycles. The molecule has 1 aromatic carbocycles. The first-order chi connectivity index (χ1) is 8.06. The van der Waals surface area contributed by atoms with Gasteiger partial charge in [0.1, 0.15) is 0 Å². The minimum atomic E-state index is -0.493. The standard InChI is InChI=1S/C11H6Br2ClFN2/c12-6-1-2-10(8(13)3-6)17-11-9(15)4-7(14)5-16-11/h1-5H,(H,16,17). The highest BCUT2D eigenvalue weighted by Gasteiger charge is 2.07. The monoisotopic (exact) mass is 378 g/mol. The van der Waals surface area contributed by atoms with Crippen LogP contribution in [0.25, 0.3) is 0 Å². The number of halogens is 4. The third kappa shape index (κ3) is 3.18. The predicted octanol–water partition coefficient (Wildman–Crippen LogP) is 5.14. The van der Waals surface area contributed by atoms with Gasteiger partial charge < -0.3 is 5.32 Å². The zero-order valence-electron chi connectivity index (χ0n) is 8.35. The predicted molar refractivity (Wildman–Crippen MR) is 74.3 cm³/mol. The second-order valence-electron chi connectivity index (χ2n) is 3.23. The first-order valence-electron chi connectivity index (χ1n) is 4.59. The molecule has 0 aliphatic heterocycles. The minimum absolute atomic E-state index is 0.137. The van der Waals surface area contributed by atoms with Crippen LogP contribution < -0.4 is 5.32 Å². The summed E-state index contributed by atoms with van der Waals surface area (Å²) in [4.78, 5) is 3.89. The molecule has 0 fully saturated rings. The van der Waals surface area contributed by atoms with Crippen LogP contribution >= 0.6 is 43.5 Å². The van der Waals surface area contributed by atoms with Crippen molar-refractivity contribution in [3.8, 4) is 0 Å². The highest BCUT2D eigenvalue weighted by atomic mass is 79.9. The van der Waals surface area contributed by atoms with Crippen LogP contribution in [0.1, 0.15) is 0 Å². The molecule has 0 saturated carbocycles. The lowest BCUT2D eigenvalue weighted by atomic mass is 10.3. The van der Waals surface area contributed by atoms with Gasteiger partial charge in [-0.15, -0.1) is 0 Å². The zero-order valence-corrected chi connectivity index (χ0v) is 12.3. The summed E-state index contributed by atoms with van der Waals surface area (Å²) in [5, 5.41) is 3.15. The lowest BCUT2D eigenvalue weighted by molar-refractivity contribution is 0.626. The molecular weight excluding hydrogens is 374 g/mol. The molecule has 1 heterocycles. The zero-order chi connectivity index (χ0) is 12.4. The fourth-order valence-corrected chi connectivity index (χ4v) is 2.52. The number of rotatable bonds is 2. The summed E-state index contributed by atoms with van der Waals surface area (Å²) < 4.78 is 15.3. The first kappa shape index (κ1) is 12.8. The number of aromatic nitrogens is 1. The fraction of sp³-hybridized carbons (Fsp3) is 0. The summed E-state index contributed by atoms with van der Waals surface area (Å²) in [6.07, 6.45) is 1.39. The van der Waals surface area contributed by atoms with Gasteiger partial charge in [0.25, 0.3) is 0 Å². The van der Waals surface area contributed by atoms with Crippen molar-refractivity contribution in [3.63, 3.8) is 0 Å². The summed E-state index contributed by atoms with van der Waals surface area (Å²) in [5.41, 5.74) is 0.724. The summed E-state index contributed by atoms with van der Waals surface area (Å²) in [6, 6.07) is 6.73. The molecule has 88 valence electrons. The third-order valence-corrected chi connectivity index (χ3v) is 3.35. The van der Waals surface area contributed by atoms with E-state index in [1.807, 2.05) is 18.2 Å². The molecule has 2 aromatic rings. The van der Waals surface area contributed by atoms with Gasteiger partial charge in [0.15, 0.2) is 11.6 Å². The smallest absolute Gasteiger partial charge is 0.167 e. The van der Waals surface area contributed by atoms with Crippen LogP contribution in [-0.4, -0.2) is 4.98 Å². The van der Waals surface area contributed by atoms with Gasteiger partial charge in [0.05, 0.1) is 10.7 Å². The van der Waals surface area contributed by atoms with E-state index < -0.39 is 5.82 Å². The van der Waals surface area contributed by atoms with Crippen LogP contribution in [0.4, 0.5) is 15.9 Å². The molecule has 0 saturated heterocycles. The quantitative estimate of drug-likeness (QED) is 0.780. The Hall–Kier alpha value is -0.650. The van der Waals surface area contributed by atoms with Gasteiger partial charge in [-0.2, -0.15) is 0 Å². The second kappa shape index (κ2) is 5.33. The number of nitrogens with zero attached hydrogens (tertiary/aromatic N) is 1. The van der Waals surface area contributed by atoms with Crippen LogP contribution in [0.15, 0.2) is 39.4 Å². The minimum Gasteiger partial charge on any atom is -0.337 e. The van der Waals surface area contributed by atoms with Crippen LogP contribution in [0.5, 0.6) is 0 Å². The number of pyridine rings is 1. The van der Waals surface area contributed by atoms with Gasteiger partial charge in [-0.25, -0.2) is 9.37 Å². The second-order valence-corrected chi connectivity index (χ2v) is 5.44. The Balaban J connectivity index is 2.31. The average molecular weight is 380 g/mol. The van der Waals surface area contributed by atoms with Crippen LogP contribution in [0.2, 0.25) is 5.02 Å². The Bertz CT molecular complexity index is 514. The lowest BCUT2D eigenvalue weighted by Crippen LogP contribution is -1.97. The number of benzene rings is 1. The molecule has 6 heteroatoms. The molecule has 0 unspecified atom stereocenters. The van der Waals surface area contributed by atoms with E-state index >= 15 is 0 Å². The molecule has 0 spiro atoms. The van der Waals surface area contributed by atoms with E-state index in [2.05, 4.69) is 42.2 Å². The summed E-state index contributed by atoms with van der Waals surface area (Å²) in [6.45, 7) is 0. The van der Waals surface area contributed by atoms with Gasteiger partial charge in [-0.05, 0) is 40.2 Å². The van der Waals surface area contributed by atoms with Crippen molar-refractivity contribution in [2.45, 2.75) is 0 Å². The molecule has 2 rings (SSSR count). The van der Waals surface area contributed by atoms with Gasteiger partial charge in [-0.3, -0.25) is 0 Å². The summed E-state index contributed by atoms with van der Waals surface area (Å²) in [7, 11) is 0. The lowest BCUT2D eigenvalue weighted by Gasteiger charge is -2.08. The van der Waals surface area contributed by atoms with Crippen LogP contribution in [-0.2, 0) is 0 Å². The van der Waals surface area contributed by atoms with E-state index in [1.165, 1.54) is 12.3 Å². The molecule has 0 aliphatic rings. The van der Waals surface area contributed by atoms with Gasteiger partial charge >= 0.3 is 0 Å². The van der Waals surface area contributed by atoms with Crippen LogP contribution in [0.3, 0.4) is 0 Å². The van der Waals surface area contributed by atoms with E-state index in [-0.39, 0.29) is 10.8 Å². The Morgan fingerprint density at radius 2 is 2.00 bits per heavy atom. The van der Waals surface area contributed by atoms with E-state index in [0.29, 0.717) is 0 Å². The van der Waals surface area contributed by atoms with Crippen molar-refractivity contribution >= 4 is 55.0 Å². The van der Waals surface area contributed by atoms with Crippen molar-refractivity contribution < 1.29 is 4.39 Å². The molecule has 2 nitrogen and oxygen atoms in total. The highest BCUT2D eigenvalue weighted by molar-refractivity contribution is 9.11. The maximum absolute atomic E-state index is 13.5. The number of hydrogen-bond acceptors (Lipinski definition) is 2. The Labute approximate surface area is 119 Å². The van der Waals surface area contributed by atoms with Crippen molar-refractivity contribution in [2.75, 3.05) is 5.32 Å². The first-order valence-corrected chi connectivity index (χ1v) is 6.56. The van der Waals surface area contributed by atoms with Crippen molar-refractivity contribution in [3.05, 3.63) is 50.2 Å². The normalized spacial score (nSPS) is 10.4. The van der Waals surface area contributed by atoms with Crippen molar-refractivity contribution in [1.82, 2.24) is 4.98 Å². The van der Waals surface area contributed by atoms with Crippen LogP contribution in [0, 0.1) is 5.82 Å².